The average Bonchev–Trinajstić information content (AvgIpc) is 2.68. The summed E-state index contributed by atoms with van der Waals surface area (Å²) in [6.07, 6.45) is 1.06. The van der Waals surface area contributed by atoms with Crippen molar-refractivity contribution in [2.45, 2.75) is 19.4 Å². The van der Waals surface area contributed by atoms with Crippen molar-refractivity contribution in [1.29, 1.82) is 0 Å². The largest absolute Gasteiger partial charge is 0.365 e. The van der Waals surface area contributed by atoms with Crippen molar-refractivity contribution in [2.75, 3.05) is 10.6 Å². The molecule has 26 heavy (non-hydrogen) atoms. The third kappa shape index (κ3) is 5.37. The van der Waals surface area contributed by atoms with Gasteiger partial charge in [-0.1, -0.05) is 42.5 Å². The van der Waals surface area contributed by atoms with Crippen molar-refractivity contribution >= 4 is 17.5 Å². The van der Waals surface area contributed by atoms with Gasteiger partial charge in [-0.15, -0.1) is 10.2 Å². The Morgan fingerprint density at radius 2 is 1.54 bits per heavy atom. The van der Waals surface area contributed by atoms with Crippen molar-refractivity contribution in [2.24, 2.45) is 0 Å². The summed E-state index contributed by atoms with van der Waals surface area (Å²) >= 11 is 0. The fourth-order valence-corrected chi connectivity index (χ4v) is 2.40. The summed E-state index contributed by atoms with van der Waals surface area (Å²) in [5.41, 5.74) is 2.06. The summed E-state index contributed by atoms with van der Waals surface area (Å²) in [6, 6.07) is 19.5. The van der Waals surface area contributed by atoms with Crippen LogP contribution in [0, 0.1) is 5.82 Å². The number of hydrogen-bond acceptors (Lipinski definition) is 4. The predicted octanol–water partition coefficient (Wildman–Crippen LogP) is 3.80. The van der Waals surface area contributed by atoms with Crippen molar-refractivity contribution in [1.82, 2.24) is 10.2 Å². The third-order valence-corrected chi connectivity index (χ3v) is 3.80. The second-order valence-electron chi connectivity index (χ2n) is 5.82. The van der Waals surface area contributed by atoms with Crippen LogP contribution in [0.5, 0.6) is 0 Å². The highest BCUT2D eigenvalue weighted by atomic mass is 19.1. The first-order valence-electron chi connectivity index (χ1n) is 8.35. The highest BCUT2D eigenvalue weighted by Crippen LogP contribution is 2.10. The summed E-state index contributed by atoms with van der Waals surface area (Å²) in [4.78, 5) is 12.0. The number of nitrogens with one attached hydrogen (secondary N) is 2. The summed E-state index contributed by atoms with van der Waals surface area (Å²) < 4.78 is 12.9. The van der Waals surface area contributed by atoms with Crippen molar-refractivity contribution in [3.63, 3.8) is 0 Å². The fraction of sp³-hybridized carbons (Fsp3) is 0.150. The number of halogens is 1. The van der Waals surface area contributed by atoms with Gasteiger partial charge in [0.15, 0.2) is 5.82 Å². The molecule has 0 aliphatic carbocycles. The van der Waals surface area contributed by atoms with Crippen LogP contribution >= 0.6 is 0 Å². The van der Waals surface area contributed by atoms with E-state index in [0.29, 0.717) is 31.0 Å². The lowest BCUT2D eigenvalue weighted by molar-refractivity contribution is -0.116. The van der Waals surface area contributed by atoms with Gasteiger partial charge in [-0.3, -0.25) is 4.79 Å². The number of benzene rings is 2. The maximum Gasteiger partial charge on any atom is 0.225 e. The minimum atomic E-state index is -0.263. The van der Waals surface area contributed by atoms with Gasteiger partial charge in [0.25, 0.3) is 0 Å². The van der Waals surface area contributed by atoms with Gasteiger partial charge in [-0.25, -0.2) is 4.39 Å². The zero-order valence-corrected chi connectivity index (χ0v) is 14.2. The van der Waals surface area contributed by atoms with Gasteiger partial charge < -0.3 is 10.6 Å². The molecule has 5 nitrogen and oxygen atoms in total. The SMILES string of the molecule is O=C(CCc1ccccc1)Nc1ccc(NCc2ccc(F)cc2)nn1. The molecule has 1 aromatic heterocycles. The Hall–Kier alpha value is -3.28. The number of carbonyl (C=O) groups excluding carboxylic acids is 1. The summed E-state index contributed by atoms with van der Waals surface area (Å²) in [7, 11) is 0. The van der Waals surface area contributed by atoms with Crippen LogP contribution in [0.3, 0.4) is 0 Å². The minimum Gasteiger partial charge on any atom is -0.365 e. The molecule has 0 radical (unpaired) electrons. The Bertz CT molecular complexity index is 836. The molecule has 6 heteroatoms. The van der Waals surface area contributed by atoms with E-state index in [1.807, 2.05) is 30.3 Å². The van der Waals surface area contributed by atoms with Gasteiger partial charge in [0.1, 0.15) is 11.6 Å². The summed E-state index contributed by atoms with van der Waals surface area (Å²) in [6.45, 7) is 0.512. The molecule has 2 aromatic carbocycles. The molecule has 0 aliphatic rings. The second-order valence-corrected chi connectivity index (χ2v) is 5.82. The van der Waals surface area contributed by atoms with Crippen molar-refractivity contribution in [3.05, 3.63) is 83.7 Å². The quantitative estimate of drug-likeness (QED) is 0.680. The first-order chi connectivity index (χ1) is 12.7. The van der Waals surface area contributed by atoms with Crippen LogP contribution in [0.2, 0.25) is 0 Å². The molecule has 0 saturated carbocycles. The zero-order chi connectivity index (χ0) is 18.2. The topological polar surface area (TPSA) is 66.9 Å². The minimum absolute atomic E-state index is 0.102. The molecular formula is C20H19FN4O. The Morgan fingerprint density at radius 1 is 0.846 bits per heavy atom. The maximum atomic E-state index is 12.9. The molecule has 1 amide bonds. The van der Waals surface area contributed by atoms with Gasteiger partial charge >= 0.3 is 0 Å². The molecule has 0 unspecified atom stereocenters. The van der Waals surface area contributed by atoms with Crippen LogP contribution in [-0.2, 0) is 17.8 Å². The first kappa shape index (κ1) is 17.5. The highest BCUT2D eigenvalue weighted by Gasteiger charge is 2.05. The zero-order valence-electron chi connectivity index (χ0n) is 14.2. The highest BCUT2D eigenvalue weighted by molar-refractivity contribution is 5.89. The number of aryl methyl sites for hydroxylation is 1. The molecule has 0 saturated heterocycles. The molecule has 132 valence electrons. The molecular weight excluding hydrogens is 331 g/mol. The average molecular weight is 350 g/mol. The number of aromatic nitrogens is 2. The molecule has 0 bridgehead atoms. The summed E-state index contributed by atoms with van der Waals surface area (Å²) in [5.74, 6) is 0.628. The molecule has 0 fully saturated rings. The van der Waals surface area contributed by atoms with Gasteiger partial charge in [0.2, 0.25) is 5.91 Å². The standard InChI is InChI=1S/C20H19FN4O/c21-17-9-6-16(7-10-17)14-22-18-11-12-19(25-24-18)23-20(26)13-8-15-4-2-1-3-5-15/h1-7,9-12H,8,13-14H2,(H,22,24)(H,23,25,26). The Balaban J connectivity index is 1.46. The number of nitrogens with zero attached hydrogens (tertiary/aromatic N) is 2. The van der Waals surface area contributed by atoms with Crippen molar-refractivity contribution in [3.8, 4) is 0 Å². The van der Waals surface area contributed by atoms with Gasteiger partial charge in [-0.05, 0) is 41.8 Å². The van der Waals surface area contributed by atoms with E-state index in [2.05, 4.69) is 20.8 Å². The van der Waals surface area contributed by atoms with E-state index in [4.69, 9.17) is 0 Å². The van der Waals surface area contributed by atoms with Gasteiger partial charge in [0, 0.05) is 13.0 Å². The van der Waals surface area contributed by atoms with Gasteiger partial charge in [0.05, 0.1) is 0 Å². The lowest BCUT2D eigenvalue weighted by atomic mass is 10.1. The normalized spacial score (nSPS) is 10.3. The van der Waals surface area contributed by atoms with Crippen LogP contribution < -0.4 is 10.6 Å². The van der Waals surface area contributed by atoms with E-state index in [1.54, 1.807) is 24.3 Å². The monoisotopic (exact) mass is 350 g/mol. The smallest absolute Gasteiger partial charge is 0.225 e. The maximum absolute atomic E-state index is 12.9. The molecule has 3 rings (SSSR count). The first-order valence-corrected chi connectivity index (χ1v) is 8.35. The summed E-state index contributed by atoms with van der Waals surface area (Å²) in [5, 5.41) is 13.9. The van der Waals surface area contributed by atoms with E-state index in [0.717, 1.165) is 11.1 Å². The van der Waals surface area contributed by atoms with Gasteiger partial charge in [-0.2, -0.15) is 0 Å². The number of anilines is 2. The van der Waals surface area contributed by atoms with Crippen LogP contribution in [0.4, 0.5) is 16.0 Å². The third-order valence-electron chi connectivity index (χ3n) is 3.80. The fourth-order valence-electron chi connectivity index (χ4n) is 2.40. The molecule has 2 N–H and O–H groups in total. The number of hydrogen-bond donors (Lipinski definition) is 2. The van der Waals surface area contributed by atoms with E-state index < -0.39 is 0 Å². The molecule has 1 heterocycles. The lowest BCUT2D eigenvalue weighted by Crippen LogP contribution is -2.14. The lowest BCUT2D eigenvalue weighted by Gasteiger charge is -2.07. The predicted molar refractivity (Wildman–Crippen MR) is 99.2 cm³/mol. The van der Waals surface area contributed by atoms with E-state index in [1.165, 1.54) is 12.1 Å². The molecule has 0 aliphatic heterocycles. The van der Waals surface area contributed by atoms with E-state index >= 15 is 0 Å². The number of amides is 1. The molecule has 3 aromatic rings. The Labute approximate surface area is 151 Å². The van der Waals surface area contributed by atoms with Crippen LogP contribution in [0.25, 0.3) is 0 Å². The molecule has 0 spiro atoms. The number of carbonyl (C=O) groups is 1. The molecule has 0 atom stereocenters. The Morgan fingerprint density at radius 3 is 2.23 bits per heavy atom. The van der Waals surface area contributed by atoms with Crippen LogP contribution in [-0.4, -0.2) is 16.1 Å². The Kier molecular flexibility index (Phi) is 5.88. The van der Waals surface area contributed by atoms with E-state index in [9.17, 15) is 9.18 Å². The van der Waals surface area contributed by atoms with Crippen LogP contribution in [0.1, 0.15) is 17.5 Å². The van der Waals surface area contributed by atoms with Crippen LogP contribution in [0.15, 0.2) is 66.7 Å². The second kappa shape index (κ2) is 8.71. The van der Waals surface area contributed by atoms with Crippen molar-refractivity contribution < 1.29 is 9.18 Å². The van der Waals surface area contributed by atoms with E-state index in [-0.39, 0.29) is 11.7 Å². The number of rotatable bonds is 7.